The topological polar surface area (TPSA) is 45.2 Å². The highest BCUT2D eigenvalue weighted by molar-refractivity contribution is 7.14. The molecule has 1 saturated heterocycles. The Bertz CT molecular complexity index is 622. The van der Waals surface area contributed by atoms with Crippen LogP contribution in [-0.4, -0.2) is 28.9 Å². The van der Waals surface area contributed by atoms with Crippen molar-refractivity contribution < 1.29 is 4.79 Å². The van der Waals surface area contributed by atoms with E-state index in [9.17, 15) is 4.79 Å². The van der Waals surface area contributed by atoms with Gasteiger partial charge in [-0.25, -0.2) is 4.98 Å². The largest absolute Gasteiger partial charge is 0.337 e. The Hall–Kier alpha value is -1.59. The number of carbonyl (C=O) groups excluding carboxylic acids is 1. The van der Waals surface area contributed by atoms with Crippen LogP contribution in [0.4, 0.5) is 10.8 Å². The minimum Gasteiger partial charge on any atom is -0.337 e. The number of anilines is 2. The molecule has 1 N–H and O–H groups in total. The number of benzene rings is 1. The number of nitrogens with one attached hydrogen (secondary N) is 1. The summed E-state index contributed by atoms with van der Waals surface area (Å²) in [6.45, 7) is 1.68. The van der Waals surface area contributed by atoms with Crippen molar-refractivity contribution >= 4 is 39.7 Å². The quantitative estimate of drug-likeness (QED) is 0.938. The number of hydrogen-bond donors (Lipinski definition) is 1. The molecule has 3 rings (SSSR count). The van der Waals surface area contributed by atoms with Crippen molar-refractivity contribution in [3.05, 3.63) is 40.4 Å². The van der Waals surface area contributed by atoms with Gasteiger partial charge in [0.15, 0.2) is 5.13 Å². The van der Waals surface area contributed by atoms with Crippen LogP contribution in [0.5, 0.6) is 0 Å². The Morgan fingerprint density at radius 1 is 1.35 bits per heavy atom. The molecule has 0 radical (unpaired) electrons. The molecule has 2 heterocycles. The van der Waals surface area contributed by atoms with Crippen LogP contribution in [-0.2, 0) is 0 Å². The van der Waals surface area contributed by atoms with Crippen molar-refractivity contribution in [1.82, 2.24) is 9.88 Å². The third-order valence-corrected chi connectivity index (χ3v) is 4.19. The van der Waals surface area contributed by atoms with Crippen molar-refractivity contribution in [2.24, 2.45) is 0 Å². The van der Waals surface area contributed by atoms with E-state index in [4.69, 9.17) is 11.6 Å². The molecular formula is C14H14ClN3OS. The first-order chi connectivity index (χ1) is 9.72. The van der Waals surface area contributed by atoms with Crippen molar-refractivity contribution in [1.29, 1.82) is 0 Å². The molecule has 0 bridgehead atoms. The number of carbonyl (C=O) groups is 1. The lowest BCUT2D eigenvalue weighted by Gasteiger charge is -2.12. The van der Waals surface area contributed by atoms with E-state index in [0.717, 1.165) is 31.6 Å². The Kier molecular flexibility index (Phi) is 3.89. The number of rotatable bonds is 3. The van der Waals surface area contributed by atoms with Crippen molar-refractivity contribution in [2.45, 2.75) is 12.8 Å². The Balaban J connectivity index is 1.71. The van der Waals surface area contributed by atoms with Gasteiger partial charge < -0.3 is 10.2 Å². The lowest BCUT2D eigenvalue weighted by Crippen LogP contribution is -2.27. The molecule has 0 spiro atoms. The second-order valence-electron chi connectivity index (χ2n) is 4.67. The summed E-state index contributed by atoms with van der Waals surface area (Å²) in [5.41, 5.74) is 1.38. The first kappa shape index (κ1) is 13.4. The summed E-state index contributed by atoms with van der Waals surface area (Å²) in [5, 5.41) is 6.33. The molecule has 1 aromatic heterocycles. The van der Waals surface area contributed by atoms with Gasteiger partial charge >= 0.3 is 0 Å². The first-order valence-electron chi connectivity index (χ1n) is 6.50. The average molecular weight is 308 g/mol. The highest BCUT2D eigenvalue weighted by Crippen LogP contribution is 2.24. The van der Waals surface area contributed by atoms with Crippen molar-refractivity contribution in [2.75, 3.05) is 18.4 Å². The van der Waals surface area contributed by atoms with Gasteiger partial charge in [-0.2, -0.15) is 0 Å². The summed E-state index contributed by atoms with van der Waals surface area (Å²) in [6, 6.07) is 7.42. The van der Waals surface area contributed by atoms with Crippen LogP contribution in [0.15, 0.2) is 29.6 Å². The highest BCUT2D eigenvalue weighted by atomic mass is 35.5. The fourth-order valence-corrected chi connectivity index (χ4v) is 3.10. The van der Waals surface area contributed by atoms with E-state index >= 15 is 0 Å². The summed E-state index contributed by atoms with van der Waals surface area (Å²) in [6.07, 6.45) is 2.17. The number of hydrogen-bond acceptors (Lipinski definition) is 4. The van der Waals surface area contributed by atoms with E-state index in [1.165, 1.54) is 11.3 Å². The Morgan fingerprint density at radius 2 is 2.15 bits per heavy atom. The summed E-state index contributed by atoms with van der Waals surface area (Å²) in [7, 11) is 0. The predicted octanol–water partition coefficient (Wildman–Crippen LogP) is 3.78. The van der Waals surface area contributed by atoms with Gasteiger partial charge in [-0.15, -0.1) is 11.3 Å². The molecule has 1 aromatic carbocycles. The first-order valence-corrected chi connectivity index (χ1v) is 7.75. The van der Waals surface area contributed by atoms with Gasteiger partial charge in [-0.1, -0.05) is 17.7 Å². The smallest absolute Gasteiger partial charge is 0.273 e. The third-order valence-electron chi connectivity index (χ3n) is 3.19. The van der Waals surface area contributed by atoms with Gasteiger partial charge in [0.05, 0.1) is 0 Å². The van der Waals surface area contributed by atoms with Gasteiger partial charge in [-0.3, -0.25) is 4.79 Å². The Labute approximate surface area is 126 Å². The summed E-state index contributed by atoms with van der Waals surface area (Å²) >= 11 is 7.36. The van der Waals surface area contributed by atoms with Gasteiger partial charge in [-0.05, 0) is 31.0 Å². The molecule has 2 aromatic rings. The SMILES string of the molecule is O=C(c1csc(Nc2cccc(Cl)c2)n1)N1CCCC1. The maximum absolute atomic E-state index is 12.2. The molecule has 0 unspecified atom stereocenters. The lowest BCUT2D eigenvalue weighted by molar-refractivity contribution is 0.0788. The molecule has 0 aliphatic carbocycles. The molecule has 1 aliphatic rings. The molecular weight excluding hydrogens is 294 g/mol. The van der Waals surface area contributed by atoms with Crippen LogP contribution >= 0.6 is 22.9 Å². The van der Waals surface area contributed by atoms with Crippen molar-refractivity contribution in [3.63, 3.8) is 0 Å². The van der Waals surface area contributed by atoms with E-state index in [1.807, 2.05) is 29.2 Å². The number of aromatic nitrogens is 1. The number of amides is 1. The van der Waals surface area contributed by atoms with Gasteiger partial charge in [0.1, 0.15) is 5.69 Å². The maximum atomic E-state index is 12.2. The number of thiazole rings is 1. The molecule has 6 heteroatoms. The zero-order valence-electron chi connectivity index (χ0n) is 10.8. The lowest BCUT2D eigenvalue weighted by atomic mass is 10.3. The van der Waals surface area contributed by atoms with E-state index in [-0.39, 0.29) is 5.91 Å². The van der Waals surface area contributed by atoms with Crippen LogP contribution in [0.25, 0.3) is 0 Å². The van der Waals surface area contributed by atoms with Gasteiger partial charge in [0.25, 0.3) is 5.91 Å². The maximum Gasteiger partial charge on any atom is 0.273 e. The normalized spacial score (nSPS) is 14.6. The van der Waals surface area contributed by atoms with E-state index in [2.05, 4.69) is 10.3 Å². The second kappa shape index (κ2) is 5.81. The van der Waals surface area contributed by atoms with Crippen LogP contribution in [0.1, 0.15) is 23.3 Å². The summed E-state index contributed by atoms with van der Waals surface area (Å²) < 4.78 is 0. The van der Waals surface area contributed by atoms with Crippen LogP contribution in [0.3, 0.4) is 0 Å². The molecule has 1 amide bonds. The molecule has 1 fully saturated rings. The molecule has 104 valence electrons. The van der Waals surface area contributed by atoms with Crippen LogP contribution in [0, 0.1) is 0 Å². The van der Waals surface area contributed by atoms with E-state index in [0.29, 0.717) is 15.8 Å². The predicted molar refractivity (Wildman–Crippen MR) is 82.0 cm³/mol. The molecule has 1 aliphatic heterocycles. The zero-order valence-corrected chi connectivity index (χ0v) is 12.4. The monoisotopic (exact) mass is 307 g/mol. The number of halogens is 1. The summed E-state index contributed by atoms with van der Waals surface area (Å²) in [5.74, 6) is 0.0258. The van der Waals surface area contributed by atoms with E-state index in [1.54, 1.807) is 5.38 Å². The average Bonchev–Trinajstić information content (AvgIpc) is 3.09. The molecule has 20 heavy (non-hydrogen) atoms. The zero-order chi connectivity index (χ0) is 13.9. The fraction of sp³-hybridized carbons (Fsp3) is 0.286. The van der Waals surface area contributed by atoms with Crippen LogP contribution < -0.4 is 5.32 Å². The third kappa shape index (κ3) is 2.94. The number of likely N-dealkylation sites (tertiary alicyclic amines) is 1. The summed E-state index contributed by atoms with van der Waals surface area (Å²) in [4.78, 5) is 18.4. The molecule has 0 atom stereocenters. The van der Waals surface area contributed by atoms with Gasteiger partial charge in [0, 0.05) is 29.2 Å². The molecule has 4 nitrogen and oxygen atoms in total. The van der Waals surface area contributed by atoms with Crippen molar-refractivity contribution in [3.8, 4) is 0 Å². The fourth-order valence-electron chi connectivity index (χ4n) is 2.20. The number of nitrogens with zero attached hydrogens (tertiary/aromatic N) is 2. The standard InChI is InChI=1S/C14H14ClN3OS/c15-10-4-3-5-11(8-10)16-14-17-12(9-20-14)13(19)18-6-1-2-7-18/h3-5,8-9H,1-2,6-7H2,(H,16,17). The minimum absolute atomic E-state index is 0.0258. The van der Waals surface area contributed by atoms with Gasteiger partial charge in [0.2, 0.25) is 0 Å². The van der Waals surface area contributed by atoms with E-state index < -0.39 is 0 Å². The van der Waals surface area contributed by atoms with Crippen LogP contribution in [0.2, 0.25) is 5.02 Å². The Morgan fingerprint density at radius 3 is 2.90 bits per heavy atom. The second-order valence-corrected chi connectivity index (χ2v) is 5.97. The highest BCUT2D eigenvalue weighted by Gasteiger charge is 2.21. The minimum atomic E-state index is 0.0258. The molecule has 0 saturated carbocycles.